The molecule has 7 nitrogen and oxygen atoms in total. The summed E-state index contributed by atoms with van der Waals surface area (Å²) in [6, 6.07) is 11.2. The molecule has 2 N–H and O–H groups in total. The summed E-state index contributed by atoms with van der Waals surface area (Å²) in [6.07, 6.45) is 2.84. The van der Waals surface area contributed by atoms with Gasteiger partial charge in [-0.1, -0.05) is 35.9 Å². The van der Waals surface area contributed by atoms with Crippen molar-refractivity contribution in [3.63, 3.8) is 0 Å². The highest BCUT2D eigenvalue weighted by Crippen LogP contribution is 2.36. The second-order valence-corrected chi connectivity index (χ2v) is 8.68. The Morgan fingerprint density at radius 2 is 1.93 bits per heavy atom. The minimum Gasteiger partial charge on any atom is -0.311 e. The van der Waals surface area contributed by atoms with Crippen molar-refractivity contribution in [2.24, 2.45) is 5.92 Å². The predicted octanol–water partition coefficient (Wildman–Crippen LogP) is 2.65. The van der Waals surface area contributed by atoms with Gasteiger partial charge in [-0.2, -0.15) is 0 Å². The van der Waals surface area contributed by atoms with E-state index in [0.29, 0.717) is 10.8 Å². The van der Waals surface area contributed by atoms with E-state index in [1.807, 2.05) is 42.6 Å². The Bertz CT molecular complexity index is 915. The number of hydrogen-bond donors (Lipinski definition) is 2. The first kappa shape index (κ1) is 20.2. The Kier molecular flexibility index (Phi) is 5.78. The number of hydrogen-bond acceptors (Lipinski definition) is 6. The Hall–Kier alpha value is -2.13. The first-order valence-electron chi connectivity index (χ1n) is 9.29. The Balaban J connectivity index is 1.64. The van der Waals surface area contributed by atoms with E-state index in [1.54, 1.807) is 29.9 Å². The Morgan fingerprint density at radius 1 is 1.14 bits per heavy atom. The molecule has 0 radical (unpaired) electrons. The fourth-order valence-corrected chi connectivity index (χ4v) is 5.25. The number of pyridine rings is 1. The minimum absolute atomic E-state index is 0.195. The maximum atomic E-state index is 13.0. The van der Waals surface area contributed by atoms with Crippen LogP contribution in [0.5, 0.6) is 0 Å². The van der Waals surface area contributed by atoms with Gasteiger partial charge in [0.05, 0.1) is 23.6 Å². The van der Waals surface area contributed by atoms with Crippen LogP contribution in [0.1, 0.15) is 17.3 Å². The van der Waals surface area contributed by atoms with Crippen LogP contribution in [0.25, 0.3) is 0 Å². The summed E-state index contributed by atoms with van der Waals surface area (Å²) in [5.74, 6) is 0.0704. The average molecular weight is 432 g/mol. The van der Waals surface area contributed by atoms with Gasteiger partial charge in [-0.15, -0.1) is 11.8 Å². The van der Waals surface area contributed by atoms with Gasteiger partial charge in [-0.25, -0.2) is 4.79 Å². The molecular weight excluding hydrogens is 410 g/mol. The largest absolute Gasteiger partial charge is 0.327 e. The molecule has 1 aromatic heterocycles. The monoisotopic (exact) mass is 431 g/mol. The smallest absolute Gasteiger partial charge is 0.311 e. The molecule has 2 aliphatic rings. The molecule has 9 heteroatoms. The third-order valence-electron chi connectivity index (χ3n) is 5.32. The second kappa shape index (κ2) is 8.31. The summed E-state index contributed by atoms with van der Waals surface area (Å²) < 4.78 is 0. The van der Waals surface area contributed by atoms with Crippen molar-refractivity contribution in [3.05, 3.63) is 64.9 Å². The van der Waals surface area contributed by atoms with Gasteiger partial charge in [0, 0.05) is 42.8 Å². The third kappa shape index (κ3) is 3.85. The van der Waals surface area contributed by atoms with Gasteiger partial charge in [0.15, 0.2) is 0 Å². The molecule has 0 spiro atoms. The number of fused-ring (bicyclic) bond motifs is 1. The topological polar surface area (TPSA) is 77.6 Å². The lowest BCUT2D eigenvalue weighted by atomic mass is 9.96. The van der Waals surface area contributed by atoms with Crippen LogP contribution in [0.2, 0.25) is 5.02 Å². The van der Waals surface area contributed by atoms with Crippen molar-refractivity contribution in [1.29, 1.82) is 0 Å². The number of benzene rings is 1. The molecule has 2 saturated heterocycles. The van der Waals surface area contributed by atoms with Crippen LogP contribution in [-0.4, -0.2) is 52.4 Å². The van der Waals surface area contributed by atoms with Crippen molar-refractivity contribution in [1.82, 2.24) is 25.4 Å². The lowest BCUT2D eigenvalue weighted by molar-refractivity contribution is -0.140. The fraction of sp³-hybridized carbons (Fsp3) is 0.350. The number of carbonyl (C=O) groups is 2. The molecule has 3 amide bonds. The maximum Gasteiger partial charge on any atom is 0.327 e. The van der Waals surface area contributed by atoms with Gasteiger partial charge < -0.3 is 4.90 Å². The van der Waals surface area contributed by atoms with E-state index in [2.05, 4.69) is 15.6 Å². The number of urea groups is 1. The van der Waals surface area contributed by atoms with Crippen LogP contribution < -0.4 is 10.6 Å². The lowest BCUT2D eigenvalue weighted by Crippen LogP contribution is -2.72. The summed E-state index contributed by atoms with van der Waals surface area (Å²) in [6.45, 7) is 0. The van der Waals surface area contributed by atoms with E-state index >= 15 is 0 Å². The molecule has 29 heavy (non-hydrogen) atoms. The van der Waals surface area contributed by atoms with Crippen LogP contribution in [0, 0.1) is 5.92 Å². The van der Waals surface area contributed by atoms with Crippen LogP contribution in [-0.2, 0) is 10.5 Å². The summed E-state index contributed by atoms with van der Waals surface area (Å²) in [5.41, 5.74) is 1.96. The zero-order valence-electron chi connectivity index (χ0n) is 16.1. The Labute approximate surface area is 178 Å². The quantitative estimate of drug-likeness (QED) is 0.775. The van der Waals surface area contributed by atoms with Crippen molar-refractivity contribution < 1.29 is 9.59 Å². The van der Waals surface area contributed by atoms with Crippen LogP contribution in [0.3, 0.4) is 0 Å². The standard InChI is InChI=1S/C20H22ClN5O2S/c1-25-17-15(19(27)26(2)20(25)28)18(29-11-12-6-5-9-22-10-12)24-16(23-17)13-7-3-4-8-14(13)21/h3-10,15-18,23-24H,11H2,1-2H3. The van der Waals surface area contributed by atoms with Gasteiger partial charge in [0.25, 0.3) is 0 Å². The molecule has 0 bridgehead atoms. The maximum absolute atomic E-state index is 13.0. The van der Waals surface area contributed by atoms with E-state index in [-0.39, 0.29) is 23.5 Å². The molecule has 0 saturated carbocycles. The highest BCUT2D eigenvalue weighted by atomic mass is 35.5. The van der Waals surface area contributed by atoms with Crippen molar-refractivity contribution in [2.75, 3.05) is 14.1 Å². The molecule has 4 unspecified atom stereocenters. The van der Waals surface area contributed by atoms with Gasteiger partial charge in [0.1, 0.15) is 0 Å². The number of nitrogens with zero attached hydrogens (tertiary/aromatic N) is 3. The fourth-order valence-electron chi connectivity index (χ4n) is 3.76. The summed E-state index contributed by atoms with van der Waals surface area (Å²) >= 11 is 8.05. The number of carbonyl (C=O) groups excluding carboxylic acids is 2. The number of aromatic nitrogens is 1. The zero-order chi connectivity index (χ0) is 20.5. The van der Waals surface area contributed by atoms with Gasteiger partial charge >= 0.3 is 6.03 Å². The minimum atomic E-state index is -0.430. The Morgan fingerprint density at radius 3 is 2.66 bits per heavy atom. The van der Waals surface area contributed by atoms with Crippen LogP contribution in [0.4, 0.5) is 4.79 Å². The molecule has 0 aliphatic carbocycles. The highest BCUT2D eigenvalue weighted by Gasteiger charge is 2.51. The summed E-state index contributed by atoms with van der Waals surface area (Å²) in [4.78, 5) is 32.5. The first-order chi connectivity index (χ1) is 14.0. The number of nitrogens with one attached hydrogen (secondary N) is 2. The first-order valence-corrected chi connectivity index (χ1v) is 10.7. The normalized spacial score (nSPS) is 27.1. The van der Waals surface area contributed by atoms with Crippen LogP contribution >= 0.6 is 23.4 Å². The molecule has 2 fully saturated rings. The average Bonchev–Trinajstić information content (AvgIpc) is 2.75. The molecule has 2 aliphatic heterocycles. The van der Waals surface area contributed by atoms with E-state index < -0.39 is 12.1 Å². The van der Waals surface area contributed by atoms with Gasteiger partial charge in [0.2, 0.25) is 5.91 Å². The SMILES string of the molecule is CN1C(=O)C2C(SCc3cccnc3)NC(c3ccccc3Cl)NC2N(C)C1=O. The molecule has 3 heterocycles. The number of thioether (sulfide) groups is 1. The molecule has 4 rings (SSSR count). The molecule has 2 aromatic rings. The molecular formula is C20H22ClN5O2S. The number of rotatable bonds is 4. The summed E-state index contributed by atoms with van der Waals surface area (Å²) in [7, 11) is 3.24. The second-order valence-electron chi connectivity index (χ2n) is 7.14. The predicted molar refractivity (Wildman–Crippen MR) is 113 cm³/mol. The lowest BCUT2D eigenvalue weighted by Gasteiger charge is -2.50. The van der Waals surface area contributed by atoms with Crippen molar-refractivity contribution in [3.8, 4) is 0 Å². The van der Waals surface area contributed by atoms with E-state index in [4.69, 9.17) is 11.6 Å². The van der Waals surface area contributed by atoms with E-state index in [9.17, 15) is 9.59 Å². The molecule has 1 aromatic carbocycles. The number of halogens is 1. The van der Waals surface area contributed by atoms with Gasteiger partial charge in [-0.05, 0) is 17.7 Å². The molecule has 152 valence electrons. The van der Waals surface area contributed by atoms with E-state index in [1.165, 1.54) is 11.9 Å². The van der Waals surface area contributed by atoms with Crippen molar-refractivity contribution >= 4 is 35.3 Å². The zero-order valence-corrected chi connectivity index (χ0v) is 17.7. The van der Waals surface area contributed by atoms with E-state index in [0.717, 1.165) is 11.1 Å². The molecule has 4 atom stereocenters. The van der Waals surface area contributed by atoms with Gasteiger partial charge in [-0.3, -0.25) is 25.3 Å². The number of imide groups is 1. The number of amides is 3. The van der Waals surface area contributed by atoms with Crippen molar-refractivity contribution in [2.45, 2.75) is 23.5 Å². The summed E-state index contributed by atoms with van der Waals surface area (Å²) in [5, 5.41) is 7.35. The van der Waals surface area contributed by atoms with Crippen LogP contribution in [0.15, 0.2) is 48.8 Å². The third-order valence-corrected chi connectivity index (χ3v) is 6.96. The highest BCUT2D eigenvalue weighted by molar-refractivity contribution is 7.99.